The van der Waals surface area contributed by atoms with Crippen molar-refractivity contribution in [2.24, 2.45) is 0 Å². The SMILES string of the molecule is O=[PH]([O-])[O-].[Mn+2]. The van der Waals surface area contributed by atoms with Gasteiger partial charge in [-0.2, -0.15) is 0 Å². The minimum atomic E-state index is -3.63. The number of hydrogen-bond donors (Lipinski definition) is 0. The third-order valence-corrected chi connectivity index (χ3v) is 0. The Bertz CT molecular complexity index is 29.9. The fourth-order valence-corrected chi connectivity index (χ4v) is 0. The predicted octanol–water partition coefficient (Wildman–Crippen LogP) is -1.91. The zero-order chi connectivity index (χ0) is 3.58. The summed E-state index contributed by atoms with van der Waals surface area (Å²) in [5.74, 6) is 0. The van der Waals surface area contributed by atoms with Gasteiger partial charge in [-0.05, 0) is 0 Å². The summed E-state index contributed by atoms with van der Waals surface area (Å²) in [4.78, 5) is 17.0. The van der Waals surface area contributed by atoms with E-state index in [1.807, 2.05) is 0 Å². The van der Waals surface area contributed by atoms with Gasteiger partial charge in [-0.3, -0.25) is 0 Å². The Labute approximate surface area is 40.4 Å². The molecule has 0 aliphatic heterocycles. The van der Waals surface area contributed by atoms with Gasteiger partial charge in [0.25, 0.3) is 0 Å². The zero-order valence-electron chi connectivity index (χ0n) is 2.10. The number of rotatable bonds is 0. The van der Waals surface area contributed by atoms with E-state index in [0.717, 1.165) is 0 Å². The summed E-state index contributed by atoms with van der Waals surface area (Å²) in [6, 6.07) is 0. The van der Waals surface area contributed by atoms with E-state index in [9.17, 15) is 0 Å². The summed E-state index contributed by atoms with van der Waals surface area (Å²) in [7, 11) is -3.63. The second-order valence-electron chi connectivity index (χ2n) is 0.250. The second-order valence-corrected chi connectivity index (χ2v) is 0.750. The van der Waals surface area contributed by atoms with Crippen molar-refractivity contribution in [1.29, 1.82) is 0 Å². The maximum Gasteiger partial charge on any atom is 2.00 e. The molecule has 0 atom stereocenters. The first-order valence-electron chi connectivity index (χ1n) is 0.612. The Balaban J connectivity index is 0. The molecule has 0 aliphatic carbocycles. The van der Waals surface area contributed by atoms with Gasteiger partial charge in [0, 0.05) is 0 Å². The maximum atomic E-state index is 8.52. The Kier molecular flexibility index (Phi) is 8.57. The molecule has 31 valence electrons. The normalized spacial score (nSPS) is 7.00. The maximum absolute atomic E-state index is 8.52. The first kappa shape index (κ1) is 9.18. The van der Waals surface area contributed by atoms with E-state index < -0.39 is 8.25 Å². The average Bonchev–Trinajstić information content (AvgIpc) is 0.811. The van der Waals surface area contributed by atoms with Crippen LogP contribution in [-0.4, -0.2) is 0 Å². The third kappa shape index (κ3) is 74.2. The Morgan fingerprint density at radius 3 is 1.40 bits per heavy atom. The van der Waals surface area contributed by atoms with Crippen LogP contribution in [0.2, 0.25) is 0 Å². The van der Waals surface area contributed by atoms with Gasteiger partial charge in [-0.15, -0.1) is 0 Å². The quantitative estimate of drug-likeness (QED) is 0.287. The van der Waals surface area contributed by atoms with Crippen LogP contribution in [0.25, 0.3) is 0 Å². The van der Waals surface area contributed by atoms with Gasteiger partial charge in [0.1, 0.15) is 0 Å². The van der Waals surface area contributed by atoms with Crippen molar-refractivity contribution in [3.8, 4) is 0 Å². The monoisotopic (exact) mass is 135 g/mol. The molecular formula is HMnO3P. The third-order valence-electron chi connectivity index (χ3n) is 0. The van der Waals surface area contributed by atoms with Gasteiger partial charge in [0.15, 0.2) is 0 Å². The van der Waals surface area contributed by atoms with Gasteiger partial charge in [0.05, 0.1) is 0 Å². The molecule has 0 N–H and O–H groups in total. The Morgan fingerprint density at radius 1 is 1.40 bits per heavy atom. The summed E-state index contributed by atoms with van der Waals surface area (Å²) in [6.45, 7) is 0. The van der Waals surface area contributed by atoms with Crippen molar-refractivity contribution in [3.63, 3.8) is 0 Å². The van der Waals surface area contributed by atoms with Crippen LogP contribution in [0, 0.1) is 0 Å². The average molecular weight is 135 g/mol. The van der Waals surface area contributed by atoms with E-state index in [-0.39, 0.29) is 17.1 Å². The largest absolute Gasteiger partial charge is 2.00 e. The van der Waals surface area contributed by atoms with Gasteiger partial charge in [-0.25, -0.2) is 0 Å². The predicted molar refractivity (Wildman–Crippen MR) is 9.00 cm³/mol. The molecule has 0 heterocycles. The second kappa shape index (κ2) is 4.67. The van der Waals surface area contributed by atoms with Gasteiger partial charge < -0.3 is 14.4 Å². The molecule has 0 fully saturated rings. The standard InChI is InChI=1S/Mn.H3O3P/c;1-4(2)3/h;4H,(H2,1,2,3)/q+2;/p-2. The molecular weight excluding hydrogens is 134 g/mol. The molecule has 1 radical (unpaired) electrons. The minimum absolute atomic E-state index is 0. The molecule has 0 aromatic carbocycles. The topological polar surface area (TPSA) is 63.2 Å². The summed E-state index contributed by atoms with van der Waals surface area (Å²) in [5, 5.41) is 0. The summed E-state index contributed by atoms with van der Waals surface area (Å²) in [5.41, 5.74) is 0. The van der Waals surface area contributed by atoms with Gasteiger partial charge in [0.2, 0.25) is 0 Å². The van der Waals surface area contributed by atoms with Gasteiger partial charge >= 0.3 is 17.1 Å². The molecule has 3 nitrogen and oxygen atoms in total. The zero-order valence-corrected chi connectivity index (χ0v) is 4.28. The van der Waals surface area contributed by atoms with E-state index in [4.69, 9.17) is 14.4 Å². The van der Waals surface area contributed by atoms with Crippen molar-refractivity contribution in [2.75, 3.05) is 0 Å². The number of hydrogen-bond acceptors (Lipinski definition) is 3. The minimum Gasteiger partial charge on any atom is -0.813 e. The van der Waals surface area contributed by atoms with Crippen LogP contribution < -0.4 is 9.79 Å². The van der Waals surface area contributed by atoms with E-state index in [2.05, 4.69) is 0 Å². The van der Waals surface area contributed by atoms with Crippen molar-refractivity contribution in [1.82, 2.24) is 0 Å². The molecule has 0 aromatic rings. The first-order chi connectivity index (χ1) is 1.73. The van der Waals surface area contributed by atoms with Crippen molar-refractivity contribution in [2.45, 2.75) is 0 Å². The fraction of sp³-hybridized carbons (Fsp3) is 0. The first-order valence-corrected chi connectivity index (χ1v) is 1.84. The fourth-order valence-electron chi connectivity index (χ4n) is 0. The molecule has 0 spiro atoms. The van der Waals surface area contributed by atoms with Crippen molar-refractivity contribution in [3.05, 3.63) is 0 Å². The van der Waals surface area contributed by atoms with Crippen LogP contribution in [0.4, 0.5) is 0 Å². The molecule has 0 aliphatic rings. The van der Waals surface area contributed by atoms with E-state index in [0.29, 0.717) is 0 Å². The molecule has 0 saturated heterocycles. The van der Waals surface area contributed by atoms with E-state index >= 15 is 0 Å². The van der Waals surface area contributed by atoms with Crippen LogP contribution in [0.15, 0.2) is 0 Å². The molecule has 0 aromatic heterocycles. The van der Waals surface area contributed by atoms with Crippen LogP contribution in [-0.2, 0) is 21.6 Å². The molecule has 0 unspecified atom stereocenters. The summed E-state index contributed by atoms with van der Waals surface area (Å²) < 4.78 is 8.52. The van der Waals surface area contributed by atoms with Crippen molar-refractivity contribution >= 4 is 8.25 Å². The molecule has 0 rings (SSSR count). The summed E-state index contributed by atoms with van der Waals surface area (Å²) in [6.07, 6.45) is 0. The van der Waals surface area contributed by atoms with Crippen LogP contribution in [0.5, 0.6) is 0 Å². The van der Waals surface area contributed by atoms with Crippen LogP contribution in [0.3, 0.4) is 0 Å². The molecule has 0 bridgehead atoms. The van der Waals surface area contributed by atoms with E-state index in [1.54, 1.807) is 0 Å². The Morgan fingerprint density at radius 2 is 1.40 bits per heavy atom. The summed E-state index contributed by atoms with van der Waals surface area (Å²) >= 11 is 0. The van der Waals surface area contributed by atoms with Crippen LogP contribution in [0.1, 0.15) is 0 Å². The smallest absolute Gasteiger partial charge is 0.813 e. The molecule has 0 saturated carbocycles. The van der Waals surface area contributed by atoms with Crippen molar-refractivity contribution < 1.29 is 31.4 Å². The van der Waals surface area contributed by atoms with Gasteiger partial charge in [-0.1, -0.05) is 8.25 Å². The molecule has 5 heteroatoms. The Hall–Kier alpha value is 0.669. The van der Waals surface area contributed by atoms with Crippen LogP contribution >= 0.6 is 8.25 Å². The molecule has 0 amide bonds. The van der Waals surface area contributed by atoms with E-state index in [1.165, 1.54) is 0 Å². The molecule has 5 heavy (non-hydrogen) atoms.